The first-order valence-corrected chi connectivity index (χ1v) is 29.5. The summed E-state index contributed by atoms with van der Waals surface area (Å²) >= 11 is 0. The van der Waals surface area contributed by atoms with E-state index in [-0.39, 0.29) is 19.1 Å². The molecule has 3 atom stereocenters. The van der Waals surface area contributed by atoms with Crippen molar-refractivity contribution >= 4 is 13.7 Å². The third kappa shape index (κ3) is 49.2. The lowest BCUT2D eigenvalue weighted by Gasteiger charge is -2.29. The summed E-state index contributed by atoms with van der Waals surface area (Å²) in [6.45, 7) is 4.69. The number of carbonyl (C=O) groups excluding carboxylic acids is 1. The second-order valence-electron chi connectivity index (χ2n) is 20.7. The van der Waals surface area contributed by atoms with Gasteiger partial charge in [-0.15, -0.1) is 0 Å². The summed E-state index contributed by atoms with van der Waals surface area (Å²) in [7, 11) is 1.28. The first-order valence-electron chi connectivity index (χ1n) is 28.1. The van der Waals surface area contributed by atoms with E-state index in [9.17, 15) is 19.4 Å². The van der Waals surface area contributed by atoms with E-state index < -0.39 is 20.0 Å². The number of rotatable bonds is 52. The van der Waals surface area contributed by atoms with Gasteiger partial charge in [-0.1, -0.05) is 270 Å². The minimum atomic E-state index is -4.59. The maximum Gasteiger partial charge on any atom is 0.268 e. The predicted molar refractivity (Wildman–Crippen MR) is 275 cm³/mol. The zero-order valence-corrected chi connectivity index (χ0v) is 44.4. The quantitative estimate of drug-likeness (QED) is 0.0272. The van der Waals surface area contributed by atoms with Crippen LogP contribution in [0.3, 0.4) is 0 Å². The van der Waals surface area contributed by atoms with Crippen LogP contribution >= 0.6 is 7.82 Å². The van der Waals surface area contributed by atoms with Gasteiger partial charge in [-0.25, -0.2) is 0 Å². The molecule has 0 spiro atoms. The molecule has 3 unspecified atom stereocenters. The highest BCUT2D eigenvalue weighted by molar-refractivity contribution is 7.45. The fourth-order valence-electron chi connectivity index (χ4n) is 8.57. The van der Waals surface area contributed by atoms with Gasteiger partial charge in [0.1, 0.15) is 13.2 Å². The van der Waals surface area contributed by atoms with Crippen molar-refractivity contribution in [2.75, 3.05) is 40.9 Å². The van der Waals surface area contributed by atoms with Crippen LogP contribution in [-0.4, -0.2) is 68.5 Å². The molecule has 0 saturated carbocycles. The highest BCUT2D eigenvalue weighted by atomic mass is 31.2. The van der Waals surface area contributed by atoms with Gasteiger partial charge >= 0.3 is 0 Å². The van der Waals surface area contributed by atoms with Crippen LogP contribution in [0.1, 0.15) is 284 Å². The molecule has 0 heterocycles. The number of hydrogen-bond acceptors (Lipinski definition) is 6. The van der Waals surface area contributed by atoms with E-state index in [1.807, 2.05) is 27.2 Å². The molecule has 0 aliphatic rings. The summed E-state index contributed by atoms with van der Waals surface area (Å²) in [5.74, 6) is -0.191. The van der Waals surface area contributed by atoms with Crippen LogP contribution in [0.5, 0.6) is 0 Å². The Morgan fingerprint density at radius 2 is 0.844 bits per heavy atom. The van der Waals surface area contributed by atoms with Gasteiger partial charge in [0.25, 0.3) is 7.82 Å². The van der Waals surface area contributed by atoms with E-state index in [1.165, 1.54) is 225 Å². The topological polar surface area (TPSA) is 108 Å². The van der Waals surface area contributed by atoms with Crippen molar-refractivity contribution in [2.24, 2.45) is 0 Å². The molecule has 2 N–H and O–H groups in total. The summed E-state index contributed by atoms with van der Waals surface area (Å²) in [5.41, 5.74) is 0. The molecule has 0 rings (SSSR count). The predicted octanol–water partition coefficient (Wildman–Crippen LogP) is 16.0. The molecule has 0 fully saturated rings. The number of quaternary nitrogens is 1. The Balaban J connectivity index is 4.10. The fraction of sp³-hybridized carbons (Fsp3) is 0.945. The van der Waals surface area contributed by atoms with Gasteiger partial charge in [0.15, 0.2) is 0 Å². The second kappa shape index (κ2) is 47.3. The third-order valence-corrected chi connectivity index (χ3v) is 14.0. The normalized spacial score (nSPS) is 14.0. The molecular weight excluding hydrogens is 816 g/mol. The average molecular weight is 927 g/mol. The van der Waals surface area contributed by atoms with Crippen molar-refractivity contribution in [2.45, 2.75) is 296 Å². The van der Waals surface area contributed by atoms with Crippen molar-refractivity contribution in [1.82, 2.24) is 5.32 Å². The third-order valence-electron chi connectivity index (χ3n) is 13.0. The summed E-state index contributed by atoms with van der Waals surface area (Å²) in [5, 5.41) is 13.9. The highest BCUT2D eigenvalue weighted by Gasteiger charge is 2.23. The van der Waals surface area contributed by atoms with Crippen LogP contribution in [0.4, 0.5) is 0 Å². The van der Waals surface area contributed by atoms with Gasteiger partial charge in [-0.2, -0.15) is 0 Å². The van der Waals surface area contributed by atoms with Crippen LogP contribution in [0, 0.1) is 0 Å². The highest BCUT2D eigenvalue weighted by Crippen LogP contribution is 2.38. The van der Waals surface area contributed by atoms with Gasteiger partial charge < -0.3 is 28.8 Å². The van der Waals surface area contributed by atoms with Crippen LogP contribution in [-0.2, 0) is 18.4 Å². The number of phosphoric acid groups is 1. The Kier molecular flexibility index (Phi) is 46.8. The van der Waals surface area contributed by atoms with E-state index in [2.05, 4.69) is 19.2 Å². The Bertz CT molecular complexity index is 1050. The Morgan fingerprint density at radius 1 is 0.531 bits per heavy atom. The molecule has 0 saturated heterocycles. The number of likely N-dealkylation sites (N-methyl/N-ethyl adjacent to an activating group) is 1. The number of carbonyl (C=O) groups is 1. The van der Waals surface area contributed by atoms with Crippen molar-refractivity contribution in [3.63, 3.8) is 0 Å². The number of aliphatic hydroxyl groups is 1. The molecule has 0 aromatic carbocycles. The van der Waals surface area contributed by atoms with E-state index in [4.69, 9.17) is 9.05 Å². The molecule has 0 aromatic heterocycles. The van der Waals surface area contributed by atoms with Crippen molar-refractivity contribution in [1.29, 1.82) is 0 Å². The monoisotopic (exact) mass is 927 g/mol. The number of amides is 1. The molecule has 0 aliphatic heterocycles. The van der Waals surface area contributed by atoms with Gasteiger partial charge in [0.05, 0.1) is 39.9 Å². The molecule has 0 aromatic rings. The van der Waals surface area contributed by atoms with Crippen molar-refractivity contribution < 1.29 is 32.9 Å². The van der Waals surface area contributed by atoms with E-state index in [0.29, 0.717) is 17.4 Å². The molecule has 0 radical (unpaired) electrons. The number of hydrogen-bond donors (Lipinski definition) is 2. The number of unbranched alkanes of at least 4 members (excludes halogenated alkanes) is 39. The van der Waals surface area contributed by atoms with Crippen molar-refractivity contribution in [3.05, 3.63) is 12.2 Å². The van der Waals surface area contributed by atoms with Gasteiger partial charge in [0.2, 0.25) is 5.91 Å². The number of allylic oxidation sites excluding steroid dienone is 1. The Morgan fingerprint density at radius 3 is 1.17 bits per heavy atom. The average Bonchev–Trinajstić information content (AvgIpc) is 3.25. The lowest BCUT2D eigenvalue weighted by atomic mass is 10.0. The van der Waals surface area contributed by atoms with Crippen molar-refractivity contribution in [3.8, 4) is 0 Å². The summed E-state index contributed by atoms with van der Waals surface area (Å²) < 4.78 is 23.3. The Labute approximate surface area is 399 Å². The summed E-state index contributed by atoms with van der Waals surface area (Å²) in [6.07, 6.45) is 57.1. The minimum absolute atomic E-state index is 0.00250. The number of nitrogens with one attached hydrogen (secondary N) is 1. The molecule has 8 nitrogen and oxygen atoms in total. The first kappa shape index (κ1) is 63.2. The molecule has 9 heteroatoms. The van der Waals surface area contributed by atoms with Crippen LogP contribution in [0.15, 0.2) is 12.2 Å². The maximum atomic E-state index is 12.9. The molecule has 0 aliphatic carbocycles. The first-order chi connectivity index (χ1) is 31.0. The van der Waals surface area contributed by atoms with Crippen LogP contribution in [0.25, 0.3) is 0 Å². The largest absolute Gasteiger partial charge is 0.756 e. The molecular formula is C55H111N2O6P. The van der Waals surface area contributed by atoms with Gasteiger partial charge in [-0.3, -0.25) is 9.36 Å². The molecule has 382 valence electrons. The number of phosphoric ester groups is 1. The second-order valence-corrected chi connectivity index (χ2v) is 22.1. The van der Waals surface area contributed by atoms with Crippen LogP contribution < -0.4 is 10.2 Å². The smallest absolute Gasteiger partial charge is 0.268 e. The van der Waals surface area contributed by atoms with E-state index in [0.717, 1.165) is 38.5 Å². The van der Waals surface area contributed by atoms with E-state index >= 15 is 0 Å². The van der Waals surface area contributed by atoms with Crippen LogP contribution in [0.2, 0.25) is 0 Å². The summed E-state index contributed by atoms with van der Waals surface area (Å²) in [6, 6.07) is -0.881. The Hall–Kier alpha value is -0.760. The lowest BCUT2D eigenvalue weighted by molar-refractivity contribution is -0.870. The zero-order valence-electron chi connectivity index (χ0n) is 43.5. The van der Waals surface area contributed by atoms with Gasteiger partial charge in [-0.05, 0) is 19.3 Å². The number of nitrogens with zero attached hydrogens (tertiary/aromatic N) is 1. The maximum absolute atomic E-state index is 12.9. The molecule has 0 bridgehead atoms. The standard InChI is InChI=1S/C55H111N2O6P/c1-6-8-10-12-14-16-18-20-22-23-24-25-26-27-28-29-30-31-32-33-35-37-39-41-43-45-47-49-55(59)56-53(52-63-64(60,61)62-51-50-57(3,4)5)54(58)48-46-44-42-40-38-36-34-21-19-17-15-13-11-9-7-2/h46,48,53-54,58H,6-45,47,49-52H2,1-5H3,(H-,56,59,60,61)/b48-46+. The molecule has 1 amide bonds. The number of aliphatic hydroxyl groups excluding tert-OH is 1. The zero-order chi connectivity index (χ0) is 47.1. The van der Waals surface area contributed by atoms with Gasteiger partial charge in [0, 0.05) is 6.42 Å². The minimum Gasteiger partial charge on any atom is -0.756 e. The lowest BCUT2D eigenvalue weighted by Crippen LogP contribution is -2.45. The molecule has 64 heavy (non-hydrogen) atoms. The SMILES string of the molecule is CCCCCCCCCCCCCCC/C=C/C(O)C(COP(=O)([O-])OCC[N+](C)(C)C)NC(=O)CCCCCCCCCCCCCCCCCCCCCCCCCCCCC. The summed E-state index contributed by atoms with van der Waals surface area (Å²) in [4.78, 5) is 25.4. The fourth-order valence-corrected chi connectivity index (χ4v) is 9.29. The van der Waals surface area contributed by atoms with E-state index in [1.54, 1.807) is 6.08 Å².